The highest BCUT2D eigenvalue weighted by molar-refractivity contribution is 4.81. The molecule has 4 nitrogen and oxygen atoms in total. The normalized spacial score (nSPS) is 49.2. The van der Waals surface area contributed by atoms with Gasteiger partial charge in [0, 0.05) is 0 Å². The number of hydrogen-bond acceptors (Lipinski definition) is 4. The predicted molar refractivity (Wildman–Crippen MR) is 28.9 cm³/mol. The molecule has 0 radical (unpaired) electrons. The Labute approximate surface area is 56.9 Å². The van der Waals surface area contributed by atoms with Crippen LogP contribution in [0.15, 0.2) is 0 Å². The van der Waals surface area contributed by atoms with E-state index in [4.69, 9.17) is 15.3 Å². The molecule has 1 rings (SSSR count). The molecule has 0 aromatic carbocycles. The second-order valence-corrected chi connectivity index (χ2v) is 2.23. The summed E-state index contributed by atoms with van der Waals surface area (Å²) < 4.78 is 16.9. The minimum Gasteiger partial charge on any atom is -0.388 e. The van der Waals surface area contributed by atoms with Gasteiger partial charge in [0.2, 0.25) is 0 Å². The Morgan fingerprint density at radius 2 is 1.90 bits per heavy atom. The molecule has 1 saturated heterocycles. The smallest absolute Gasteiger partial charge is 0.183 e. The zero-order valence-electron chi connectivity index (χ0n) is 5.14. The van der Waals surface area contributed by atoms with Crippen molar-refractivity contribution in [3.63, 3.8) is 0 Å². The third-order valence-electron chi connectivity index (χ3n) is 1.42. The van der Waals surface area contributed by atoms with Crippen LogP contribution in [0.3, 0.4) is 0 Å². The molecule has 0 bridgehead atoms. The first-order chi connectivity index (χ1) is 4.63. The van der Waals surface area contributed by atoms with Crippen molar-refractivity contribution in [2.75, 3.05) is 6.61 Å². The summed E-state index contributed by atoms with van der Waals surface area (Å²) in [4.78, 5) is 0. The summed E-state index contributed by atoms with van der Waals surface area (Å²) in [7, 11) is 0. The minimum absolute atomic E-state index is 0.278. The van der Waals surface area contributed by atoms with Gasteiger partial charge in [-0.25, -0.2) is 4.39 Å². The fourth-order valence-electron chi connectivity index (χ4n) is 0.773. The molecule has 0 saturated carbocycles. The second-order valence-electron chi connectivity index (χ2n) is 2.23. The van der Waals surface area contributed by atoms with Crippen LogP contribution in [-0.4, -0.2) is 46.6 Å². The zero-order valence-corrected chi connectivity index (χ0v) is 5.14. The number of rotatable bonds is 0. The fourth-order valence-corrected chi connectivity index (χ4v) is 0.773. The number of ether oxygens (including phenoxy) is 1. The summed E-state index contributed by atoms with van der Waals surface area (Å²) in [5, 5.41) is 26.0. The van der Waals surface area contributed by atoms with Crippen molar-refractivity contribution in [2.45, 2.75) is 24.7 Å². The number of halogens is 1. The fraction of sp³-hybridized carbons (Fsp3) is 1.00. The van der Waals surface area contributed by atoms with E-state index in [2.05, 4.69) is 4.74 Å². The molecule has 1 fully saturated rings. The Balaban J connectivity index is 2.52. The van der Waals surface area contributed by atoms with Gasteiger partial charge in [-0.2, -0.15) is 0 Å². The average molecular weight is 152 g/mol. The predicted octanol–water partition coefficient (Wildman–Crippen LogP) is -1.61. The molecule has 1 aliphatic rings. The Kier molecular flexibility index (Phi) is 2.20. The molecule has 60 valence electrons. The van der Waals surface area contributed by atoms with E-state index in [9.17, 15) is 4.39 Å². The lowest BCUT2D eigenvalue weighted by Crippen LogP contribution is -2.50. The van der Waals surface area contributed by atoms with Crippen molar-refractivity contribution in [1.29, 1.82) is 0 Å². The van der Waals surface area contributed by atoms with Gasteiger partial charge in [0.15, 0.2) is 12.5 Å². The zero-order chi connectivity index (χ0) is 7.72. The maximum absolute atomic E-state index is 12.5. The first-order valence-corrected chi connectivity index (χ1v) is 2.93. The molecule has 0 aromatic heterocycles. The van der Waals surface area contributed by atoms with Crippen molar-refractivity contribution >= 4 is 0 Å². The monoisotopic (exact) mass is 152 g/mol. The van der Waals surface area contributed by atoms with Gasteiger partial charge in [-0.3, -0.25) is 0 Å². The van der Waals surface area contributed by atoms with Crippen LogP contribution >= 0.6 is 0 Å². The van der Waals surface area contributed by atoms with Crippen LogP contribution < -0.4 is 0 Å². The minimum atomic E-state index is -1.82. The van der Waals surface area contributed by atoms with Crippen molar-refractivity contribution in [2.24, 2.45) is 0 Å². The van der Waals surface area contributed by atoms with Gasteiger partial charge < -0.3 is 20.1 Å². The van der Waals surface area contributed by atoms with Gasteiger partial charge in [0.25, 0.3) is 0 Å². The summed E-state index contributed by atoms with van der Waals surface area (Å²) in [6.07, 6.45) is -6.30. The SMILES string of the molecule is O[C@@H]1[C@@H](F)[C@H](O)CO[C@@H]1O. The highest BCUT2D eigenvalue weighted by Crippen LogP contribution is 2.16. The van der Waals surface area contributed by atoms with Crippen LogP contribution in [0.25, 0.3) is 0 Å². The largest absolute Gasteiger partial charge is 0.388 e. The highest BCUT2D eigenvalue weighted by atomic mass is 19.1. The quantitative estimate of drug-likeness (QED) is 0.391. The van der Waals surface area contributed by atoms with E-state index in [1.165, 1.54) is 0 Å². The molecule has 4 atom stereocenters. The van der Waals surface area contributed by atoms with Crippen LogP contribution in [0.4, 0.5) is 4.39 Å². The summed E-state index contributed by atoms with van der Waals surface area (Å²) >= 11 is 0. The molecule has 3 N–H and O–H groups in total. The standard InChI is InChI=1S/C5H9FO4/c6-3-2(7)1-10-5(9)4(3)8/h2-5,7-9H,1H2/t2-,3+,4-,5+/m1/s1. The Hall–Kier alpha value is -0.230. The van der Waals surface area contributed by atoms with E-state index in [0.717, 1.165) is 0 Å². The molecule has 1 heterocycles. The number of hydrogen-bond donors (Lipinski definition) is 3. The first-order valence-electron chi connectivity index (χ1n) is 2.93. The van der Waals surface area contributed by atoms with E-state index in [-0.39, 0.29) is 6.61 Å². The van der Waals surface area contributed by atoms with Gasteiger partial charge in [0.05, 0.1) is 6.61 Å². The highest BCUT2D eigenvalue weighted by Gasteiger charge is 2.37. The van der Waals surface area contributed by atoms with Crippen molar-refractivity contribution < 1.29 is 24.4 Å². The molecule has 0 aromatic rings. The summed E-state index contributed by atoms with van der Waals surface area (Å²) in [6, 6.07) is 0. The molecule has 1 aliphatic heterocycles. The van der Waals surface area contributed by atoms with Gasteiger partial charge >= 0.3 is 0 Å². The Morgan fingerprint density at radius 3 is 2.40 bits per heavy atom. The average Bonchev–Trinajstić information content (AvgIpc) is 1.93. The van der Waals surface area contributed by atoms with Gasteiger partial charge in [-0.15, -0.1) is 0 Å². The van der Waals surface area contributed by atoms with Crippen LogP contribution in [0.2, 0.25) is 0 Å². The van der Waals surface area contributed by atoms with E-state index in [1.807, 2.05) is 0 Å². The second kappa shape index (κ2) is 2.79. The molecule has 0 unspecified atom stereocenters. The van der Waals surface area contributed by atoms with E-state index in [0.29, 0.717) is 0 Å². The topological polar surface area (TPSA) is 69.9 Å². The maximum atomic E-state index is 12.5. The van der Waals surface area contributed by atoms with E-state index >= 15 is 0 Å². The summed E-state index contributed by atoms with van der Waals surface area (Å²) in [5.74, 6) is 0. The van der Waals surface area contributed by atoms with Crippen molar-refractivity contribution in [3.8, 4) is 0 Å². The summed E-state index contributed by atoms with van der Waals surface area (Å²) in [5.41, 5.74) is 0. The lowest BCUT2D eigenvalue weighted by Gasteiger charge is -2.30. The molecule has 10 heavy (non-hydrogen) atoms. The Morgan fingerprint density at radius 1 is 1.30 bits per heavy atom. The molecule has 5 heteroatoms. The molecule has 0 aliphatic carbocycles. The maximum Gasteiger partial charge on any atom is 0.183 e. The third-order valence-corrected chi connectivity index (χ3v) is 1.42. The lowest BCUT2D eigenvalue weighted by molar-refractivity contribution is -0.238. The number of aliphatic hydroxyl groups excluding tert-OH is 3. The molecule has 0 spiro atoms. The number of aliphatic hydroxyl groups is 3. The van der Waals surface area contributed by atoms with Crippen LogP contribution in [0.1, 0.15) is 0 Å². The molecular formula is C5H9FO4. The van der Waals surface area contributed by atoms with Crippen LogP contribution in [0.5, 0.6) is 0 Å². The lowest BCUT2D eigenvalue weighted by atomic mass is 10.1. The number of alkyl halides is 1. The van der Waals surface area contributed by atoms with Gasteiger partial charge in [-0.1, -0.05) is 0 Å². The van der Waals surface area contributed by atoms with E-state index < -0.39 is 24.7 Å². The van der Waals surface area contributed by atoms with Gasteiger partial charge in [-0.05, 0) is 0 Å². The molecule has 0 amide bonds. The van der Waals surface area contributed by atoms with Crippen LogP contribution in [-0.2, 0) is 4.74 Å². The van der Waals surface area contributed by atoms with Crippen LogP contribution in [0, 0.1) is 0 Å². The first kappa shape index (κ1) is 7.87. The van der Waals surface area contributed by atoms with Gasteiger partial charge in [0.1, 0.15) is 12.2 Å². The summed E-state index contributed by atoms with van der Waals surface area (Å²) in [6.45, 7) is -0.278. The molecular weight excluding hydrogens is 143 g/mol. The van der Waals surface area contributed by atoms with Crippen molar-refractivity contribution in [1.82, 2.24) is 0 Å². The van der Waals surface area contributed by atoms with Crippen molar-refractivity contribution in [3.05, 3.63) is 0 Å². The Bertz CT molecular complexity index is 106. The van der Waals surface area contributed by atoms with E-state index in [1.54, 1.807) is 0 Å². The third kappa shape index (κ3) is 1.27.